The van der Waals surface area contributed by atoms with Crippen LogP contribution in [0.15, 0.2) is 42.5 Å². The minimum atomic E-state index is -0.483. The van der Waals surface area contributed by atoms with E-state index in [-0.39, 0.29) is 6.04 Å². The highest BCUT2D eigenvalue weighted by atomic mass is 16.3. The summed E-state index contributed by atoms with van der Waals surface area (Å²) in [4.78, 5) is 2.24. The van der Waals surface area contributed by atoms with Crippen molar-refractivity contribution in [2.45, 2.75) is 44.2 Å². The van der Waals surface area contributed by atoms with Crippen molar-refractivity contribution in [3.8, 4) is 6.07 Å². The first-order valence-corrected chi connectivity index (χ1v) is 8.51. The van der Waals surface area contributed by atoms with Crippen molar-refractivity contribution in [2.75, 3.05) is 11.4 Å². The van der Waals surface area contributed by atoms with Crippen molar-refractivity contribution >= 4 is 5.82 Å². The summed E-state index contributed by atoms with van der Waals surface area (Å²) in [5, 5.41) is 27.7. The van der Waals surface area contributed by atoms with E-state index in [1.54, 1.807) is 6.07 Å². The van der Waals surface area contributed by atoms with Crippen molar-refractivity contribution in [2.24, 2.45) is 0 Å². The molecule has 1 N–H and O–H groups in total. The van der Waals surface area contributed by atoms with Gasteiger partial charge in [-0.1, -0.05) is 43.2 Å². The summed E-state index contributed by atoms with van der Waals surface area (Å²) in [5.41, 5.74) is 1.28. The predicted molar refractivity (Wildman–Crippen MR) is 92.4 cm³/mol. The number of rotatable bonds is 4. The average molecular weight is 322 g/mol. The van der Waals surface area contributed by atoms with Gasteiger partial charge in [-0.2, -0.15) is 5.26 Å². The normalized spacial score (nSPS) is 19.3. The molecule has 0 radical (unpaired) electrons. The molecule has 0 spiro atoms. The Hall–Kier alpha value is -2.45. The molecule has 124 valence electrons. The fourth-order valence-electron chi connectivity index (χ4n) is 3.33. The molecule has 1 aliphatic heterocycles. The van der Waals surface area contributed by atoms with Crippen LogP contribution in [0, 0.1) is 11.3 Å². The zero-order chi connectivity index (χ0) is 16.8. The van der Waals surface area contributed by atoms with Crippen LogP contribution in [0.1, 0.15) is 49.5 Å². The Morgan fingerprint density at radius 1 is 1.12 bits per heavy atom. The van der Waals surface area contributed by atoms with Gasteiger partial charge in [-0.05, 0) is 37.0 Å². The fourth-order valence-corrected chi connectivity index (χ4v) is 3.33. The monoisotopic (exact) mass is 322 g/mol. The molecule has 1 aromatic carbocycles. The number of aliphatic hydroxyl groups excluding tert-OH is 1. The van der Waals surface area contributed by atoms with Gasteiger partial charge in [0.15, 0.2) is 11.5 Å². The summed E-state index contributed by atoms with van der Waals surface area (Å²) in [6, 6.07) is 15.6. The summed E-state index contributed by atoms with van der Waals surface area (Å²) in [5.74, 6) is 0.793. The van der Waals surface area contributed by atoms with E-state index >= 15 is 0 Å². The maximum Gasteiger partial charge on any atom is 0.163 e. The number of benzene rings is 1. The van der Waals surface area contributed by atoms with Crippen molar-refractivity contribution in [3.63, 3.8) is 0 Å². The van der Waals surface area contributed by atoms with Crippen LogP contribution in [0.2, 0.25) is 0 Å². The van der Waals surface area contributed by atoms with Gasteiger partial charge in [0.1, 0.15) is 6.07 Å². The van der Waals surface area contributed by atoms with E-state index in [0.29, 0.717) is 12.1 Å². The zero-order valence-corrected chi connectivity index (χ0v) is 13.7. The first kappa shape index (κ1) is 16.4. The molecule has 1 fully saturated rings. The Morgan fingerprint density at radius 2 is 1.96 bits per heavy atom. The van der Waals surface area contributed by atoms with Crippen molar-refractivity contribution < 1.29 is 5.11 Å². The zero-order valence-electron chi connectivity index (χ0n) is 13.7. The van der Waals surface area contributed by atoms with Crippen LogP contribution in [0.25, 0.3) is 0 Å². The molecule has 2 aromatic rings. The van der Waals surface area contributed by atoms with Gasteiger partial charge in [-0.3, -0.25) is 0 Å². The van der Waals surface area contributed by atoms with E-state index in [9.17, 15) is 5.11 Å². The maximum atomic E-state index is 10.6. The van der Waals surface area contributed by atoms with Gasteiger partial charge in [-0.15, -0.1) is 10.2 Å². The van der Waals surface area contributed by atoms with E-state index in [1.807, 2.05) is 42.5 Å². The Labute approximate surface area is 142 Å². The lowest BCUT2D eigenvalue weighted by Gasteiger charge is -2.32. The van der Waals surface area contributed by atoms with Crippen molar-refractivity contribution in [1.82, 2.24) is 10.2 Å². The Bertz CT molecular complexity index is 681. The third kappa shape index (κ3) is 3.90. The van der Waals surface area contributed by atoms with Gasteiger partial charge in [0.25, 0.3) is 0 Å². The van der Waals surface area contributed by atoms with Crippen LogP contribution in [-0.4, -0.2) is 27.9 Å². The van der Waals surface area contributed by atoms with Crippen molar-refractivity contribution in [1.29, 1.82) is 5.26 Å². The highest BCUT2D eigenvalue weighted by Gasteiger charge is 2.25. The predicted octanol–water partition coefficient (Wildman–Crippen LogP) is 3.22. The molecule has 5 nitrogen and oxygen atoms in total. The standard InChI is InChI=1S/C19H22N4O/c20-14-16-10-11-19(22-21-16)23-12-6-2-5-9-17(23)13-18(24)15-7-3-1-4-8-15/h1,3-4,7-8,10-11,17-18,24H,2,5-6,9,12-13H2. The molecule has 2 heterocycles. The smallest absolute Gasteiger partial charge is 0.163 e. The van der Waals surface area contributed by atoms with E-state index in [0.717, 1.165) is 37.2 Å². The molecule has 0 saturated carbocycles. The van der Waals surface area contributed by atoms with E-state index in [2.05, 4.69) is 15.1 Å². The van der Waals surface area contributed by atoms with E-state index in [4.69, 9.17) is 5.26 Å². The second-order valence-electron chi connectivity index (χ2n) is 6.25. The van der Waals surface area contributed by atoms with Gasteiger partial charge in [0, 0.05) is 12.6 Å². The van der Waals surface area contributed by atoms with Gasteiger partial charge >= 0.3 is 0 Å². The summed E-state index contributed by atoms with van der Waals surface area (Å²) >= 11 is 0. The molecule has 2 unspecified atom stereocenters. The summed E-state index contributed by atoms with van der Waals surface area (Å²) < 4.78 is 0. The lowest BCUT2D eigenvalue weighted by Crippen LogP contribution is -2.37. The molecular weight excluding hydrogens is 300 g/mol. The molecule has 1 aliphatic rings. The van der Waals surface area contributed by atoms with E-state index < -0.39 is 6.10 Å². The van der Waals surface area contributed by atoms with Gasteiger partial charge < -0.3 is 10.0 Å². The molecule has 24 heavy (non-hydrogen) atoms. The van der Waals surface area contributed by atoms with Crippen LogP contribution in [-0.2, 0) is 0 Å². The molecule has 1 aromatic heterocycles. The number of hydrogen-bond acceptors (Lipinski definition) is 5. The van der Waals surface area contributed by atoms with Crippen LogP contribution >= 0.6 is 0 Å². The SMILES string of the molecule is N#Cc1ccc(N2CCCCCC2CC(O)c2ccccc2)nn1. The van der Waals surface area contributed by atoms with Crippen molar-refractivity contribution in [3.05, 3.63) is 53.7 Å². The van der Waals surface area contributed by atoms with E-state index in [1.165, 1.54) is 6.42 Å². The third-order valence-corrected chi connectivity index (χ3v) is 4.62. The lowest BCUT2D eigenvalue weighted by atomic mass is 9.98. The van der Waals surface area contributed by atoms with Crippen LogP contribution in [0.5, 0.6) is 0 Å². The Kier molecular flexibility index (Phi) is 5.39. The quantitative estimate of drug-likeness (QED) is 0.935. The minimum absolute atomic E-state index is 0.227. The molecule has 0 bridgehead atoms. The number of aromatic nitrogens is 2. The highest BCUT2D eigenvalue weighted by Crippen LogP contribution is 2.29. The van der Waals surface area contributed by atoms with Gasteiger partial charge in [0.05, 0.1) is 6.10 Å². The second kappa shape index (κ2) is 7.89. The summed E-state index contributed by atoms with van der Waals surface area (Å²) in [6.07, 6.45) is 4.68. The molecular formula is C19H22N4O. The largest absolute Gasteiger partial charge is 0.388 e. The summed E-state index contributed by atoms with van der Waals surface area (Å²) in [7, 11) is 0. The van der Waals surface area contributed by atoms with Crippen LogP contribution < -0.4 is 4.90 Å². The Balaban J connectivity index is 1.78. The first-order chi connectivity index (χ1) is 11.8. The first-order valence-electron chi connectivity index (χ1n) is 8.51. The number of anilines is 1. The van der Waals surface area contributed by atoms with Gasteiger partial charge in [0.2, 0.25) is 0 Å². The number of hydrogen-bond donors (Lipinski definition) is 1. The lowest BCUT2D eigenvalue weighted by molar-refractivity contribution is 0.155. The molecule has 0 aliphatic carbocycles. The second-order valence-corrected chi connectivity index (χ2v) is 6.25. The molecule has 2 atom stereocenters. The number of aliphatic hydroxyl groups is 1. The molecule has 3 rings (SSSR count). The number of nitriles is 1. The van der Waals surface area contributed by atoms with Crippen LogP contribution in [0.3, 0.4) is 0 Å². The van der Waals surface area contributed by atoms with Crippen LogP contribution in [0.4, 0.5) is 5.82 Å². The fraction of sp³-hybridized carbons (Fsp3) is 0.421. The third-order valence-electron chi connectivity index (χ3n) is 4.62. The molecule has 0 amide bonds. The topological polar surface area (TPSA) is 73.0 Å². The van der Waals surface area contributed by atoms with Gasteiger partial charge in [-0.25, -0.2) is 0 Å². The molecule has 1 saturated heterocycles. The average Bonchev–Trinajstić information content (AvgIpc) is 2.88. The highest BCUT2D eigenvalue weighted by molar-refractivity contribution is 5.40. The summed E-state index contributed by atoms with van der Waals surface area (Å²) in [6.45, 7) is 0.909. The molecule has 5 heteroatoms. The maximum absolute atomic E-state index is 10.6. The number of nitrogens with zero attached hydrogens (tertiary/aromatic N) is 4. The minimum Gasteiger partial charge on any atom is -0.388 e. The Morgan fingerprint density at radius 3 is 2.67 bits per heavy atom.